The predicted molar refractivity (Wildman–Crippen MR) is 109 cm³/mol. The lowest BCUT2D eigenvalue weighted by Crippen LogP contribution is -2.57. The average Bonchev–Trinajstić information content (AvgIpc) is 3.11. The van der Waals surface area contributed by atoms with Crippen LogP contribution in [0.1, 0.15) is 25.8 Å². The van der Waals surface area contributed by atoms with Gasteiger partial charge in [0, 0.05) is 36.3 Å². The van der Waals surface area contributed by atoms with Gasteiger partial charge in [-0.2, -0.15) is 10.2 Å². The highest BCUT2D eigenvalue weighted by molar-refractivity contribution is 5.79. The molecule has 0 amide bonds. The van der Waals surface area contributed by atoms with E-state index in [-0.39, 0.29) is 17.6 Å². The fourth-order valence-electron chi connectivity index (χ4n) is 3.60. The van der Waals surface area contributed by atoms with Crippen molar-refractivity contribution in [2.24, 2.45) is 5.41 Å². The molecule has 0 aliphatic heterocycles. The van der Waals surface area contributed by atoms with Crippen molar-refractivity contribution in [3.63, 3.8) is 0 Å². The topological polar surface area (TPSA) is 98.8 Å². The summed E-state index contributed by atoms with van der Waals surface area (Å²) in [6, 6.07) is 12.6. The van der Waals surface area contributed by atoms with Crippen LogP contribution < -0.4 is 10.6 Å². The molecule has 1 saturated carbocycles. The molecule has 3 N–H and O–H groups in total. The summed E-state index contributed by atoms with van der Waals surface area (Å²) in [6.07, 6.45) is 3.91. The van der Waals surface area contributed by atoms with Crippen LogP contribution >= 0.6 is 0 Å². The molecule has 144 valence electrons. The molecule has 28 heavy (non-hydrogen) atoms. The summed E-state index contributed by atoms with van der Waals surface area (Å²) in [5, 5.41) is 27.0. The van der Waals surface area contributed by atoms with Crippen LogP contribution in [0.2, 0.25) is 0 Å². The van der Waals surface area contributed by atoms with Gasteiger partial charge in [-0.1, -0.05) is 32.0 Å². The first-order chi connectivity index (χ1) is 13.5. The molecule has 1 aliphatic rings. The van der Waals surface area contributed by atoms with Crippen molar-refractivity contribution in [2.75, 3.05) is 17.2 Å². The molecule has 0 radical (unpaired) electrons. The van der Waals surface area contributed by atoms with E-state index in [1.807, 2.05) is 26.0 Å². The van der Waals surface area contributed by atoms with Gasteiger partial charge in [-0.15, -0.1) is 0 Å². The van der Waals surface area contributed by atoms with Crippen molar-refractivity contribution >= 4 is 22.7 Å². The summed E-state index contributed by atoms with van der Waals surface area (Å²) in [5.41, 5.74) is 1.35. The molecule has 7 heteroatoms. The molecule has 4 rings (SSSR count). The Labute approximate surface area is 164 Å². The lowest BCUT2D eigenvalue weighted by Gasteiger charge is -2.49. The zero-order valence-corrected chi connectivity index (χ0v) is 16.1. The quantitative estimate of drug-likeness (QED) is 0.612. The van der Waals surface area contributed by atoms with E-state index in [0.29, 0.717) is 30.3 Å². The summed E-state index contributed by atoms with van der Waals surface area (Å²) in [7, 11) is 0. The third-order valence-corrected chi connectivity index (χ3v) is 5.75. The molecule has 2 aromatic heterocycles. The first-order valence-corrected chi connectivity index (χ1v) is 9.48. The Morgan fingerprint density at radius 2 is 2.14 bits per heavy atom. The van der Waals surface area contributed by atoms with E-state index < -0.39 is 0 Å². The molecule has 0 spiro atoms. The lowest BCUT2D eigenvalue weighted by molar-refractivity contribution is -0.0511. The predicted octanol–water partition coefficient (Wildman–Crippen LogP) is 2.99. The van der Waals surface area contributed by atoms with Gasteiger partial charge in [-0.3, -0.25) is 0 Å². The van der Waals surface area contributed by atoms with E-state index >= 15 is 0 Å². The van der Waals surface area contributed by atoms with Crippen molar-refractivity contribution in [1.82, 2.24) is 14.5 Å². The Morgan fingerprint density at radius 3 is 2.89 bits per heavy atom. The van der Waals surface area contributed by atoms with Crippen LogP contribution in [-0.4, -0.2) is 38.3 Å². The first kappa shape index (κ1) is 18.3. The lowest BCUT2D eigenvalue weighted by atomic mass is 9.64. The molecule has 1 aliphatic carbocycles. The van der Waals surface area contributed by atoms with E-state index in [1.54, 1.807) is 0 Å². The molecule has 1 aromatic carbocycles. The summed E-state index contributed by atoms with van der Waals surface area (Å²) < 4.78 is 2.18. The number of nitrogens with zero attached hydrogens (tertiary/aromatic N) is 4. The second kappa shape index (κ2) is 7.13. The fourth-order valence-corrected chi connectivity index (χ4v) is 3.60. The Morgan fingerprint density at radius 1 is 1.32 bits per heavy atom. The normalized spacial score (nSPS) is 20.4. The van der Waals surface area contributed by atoms with Crippen LogP contribution in [0.4, 0.5) is 11.8 Å². The number of hydrogen-bond donors (Lipinski definition) is 3. The number of hydrogen-bond acceptors (Lipinski definition) is 6. The van der Waals surface area contributed by atoms with E-state index in [0.717, 1.165) is 6.54 Å². The molecular formula is C21H24N6O. The molecule has 1 fully saturated rings. The van der Waals surface area contributed by atoms with Crippen LogP contribution in [0.15, 0.2) is 42.7 Å². The van der Waals surface area contributed by atoms with Gasteiger partial charge in [-0.25, -0.2) is 4.98 Å². The summed E-state index contributed by atoms with van der Waals surface area (Å²) in [5.74, 6) is 0.993. The van der Waals surface area contributed by atoms with E-state index in [4.69, 9.17) is 0 Å². The van der Waals surface area contributed by atoms with Gasteiger partial charge in [0.05, 0.1) is 12.3 Å². The Hall–Kier alpha value is -3.11. The fraction of sp³-hybridized carbons (Fsp3) is 0.381. The zero-order chi connectivity index (χ0) is 19.7. The van der Waals surface area contributed by atoms with Gasteiger partial charge in [0.1, 0.15) is 17.5 Å². The van der Waals surface area contributed by atoms with Crippen LogP contribution in [0.3, 0.4) is 0 Å². The van der Waals surface area contributed by atoms with Crippen LogP contribution in [0.5, 0.6) is 0 Å². The minimum absolute atomic E-state index is 0.0728. The zero-order valence-electron chi connectivity index (χ0n) is 16.1. The third-order valence-electron chi connectivity index (χ3n) is 5.75. The Balaban J connectivity index is 1.43. The van der Waals surface area contributed by atoms with Crippen molar-refractivity contribution < 1.29 is 5.11 Å². The molecule has 2 atom stereocenters. The number of nitrogens with one attached hydrogen (secondary N) is 2. The number of para-hydroxylation sites is 1. The minimum atomic E-state index is -0.341. The van der Waals surface area contributed by atoms with Gasteiger partial charge < -0.3 is 20.3 Å². The number of fused-ring (bicyclic) bond motifs is 1. The van der Waals surface area contributed by atoms with Gasteiger partial charge in [0.2, 0.25) is 5.95 Å². The molecule has 0 saturated heterocycles. The second-order valence-electron chi connectivity index (χ2n) is 7.83. The van der Waals surface area contributed by atoms with Gasteiger partial charge >= 0.3 is 0 Å². The highest BCUT2D eigenvalue weighted by Gasteiger charge is 2.47. The summed E-state index contributed by atoms with van der Waals surface area (Å²) in [6.45, 7) is 5.46. The first-order valence-electron chi connectivity index (χ1n) is 9.48. The van der Waals surface area contributed by atoms with Crippen LogP contribution in [0, 0.1) is 16.7 Å². The largest absolute Gasteiger partial charge is 0.392 e. The number of nitriles is 1. The number of anilines is 2. The molecular weight excluding hydrogens is 352 g/mol. The van der Waals surface area contributed by atoms with Crippen molar-refractivity contribution in [2.45, 2.75) is 39.0 Å². The summed E-state index contributed by atoms with van der Waals surface area (Å²) >= 11 is 0. The number of benzene rings is 1. The minimum Gasteiger partial charge on any atom is -0.392 e. The number of aliphatic hydroxyl groups excluding tert-OH is 1. The molecule has 2 heterocycles. The third kappa shape index (κ3) is 3.27. The SMILES string of the molecule is CC1(C)[C@@H](O)C[C@H]1Nc1nc(NCCn2ccc3ccccc32)ncc1C#N. The van der Waals surface area contributed by atoms with Gasteiger partial charge in [-0.05, 0) is 23.9 Å². The Bertz CT molecular complexity index is 1030. The van der Waals surface area contributed by atoms with E-state index in [1.165, 1.54) is 17.1 Å². The molecule has 0 unspecified atom stereocenters. The molecule has 7 nitrogen and oxygen atoms in total. The maximum absolute atomic E-state index is 9.93. The monoisotopic (exact) mass is 376 g/mol. The van der Waals surface area contributed by atoms with E-state index in [9.17, 15) is 10.4 Å². The maximum Gasteiger partial charge on any atom is 0.224 e. The Kier molecular flexibility index (Phi) is 4.65. The van der Waals surface area contributed by atoms with E-state index in [2.05, 4.69) is 55.6 Å². The van der Waals surface area contributed by atoms with Crippen molar-refractivity contribution in [3.05, 3.63) is 48.3 Å². The molecule has 0 bridgehead atoms. The van der Waals surface area contributed by atoms with Gasteiger partial charge in [0.15, 0.2) is 0 Å². The van der Waals surface area contributed by atoms with Crippen LogP contribution in [-0.2, 0) is 6.54 Å². The smallest absolute Gasteiger partial charge is 0.224 e. The maximum atomic E-state index is 9.93. The number of aliphatic hydroxyl groups is 1. The van der Waals surface area contributed by atoms with Crippen molar-refractivity contribution in [3.8, 4) is 6.07 Å². The van der Waals surface area contributed by atoms with Crippen molar-refractivity contribution in [1.29, 1.82) is 5.26 Å². The highest BCUT2D eigenvalue weighted by atomic mass is 16.3. The van der Waals surface area contributed by atoms with Gasteiger partial charge in [0.25, 0.3) is 0 Å². The molecule has 3 aromatic rings. The van der Waals surface area contributed by atoms with Crippen LogP contribution in [0.25, 0.3) is 10.9 Å². The highest BCUT2D eigenvalue weighted by Crippen LogP contribution is 2.42. The average molecular weight is 376 g/mol. The number of rotatable bonds is 6. The standard InChI is InChI=1S/C21H24N6O/c1-21(2)17(11-18(21)28)25-19-15(12-22)13-24-20(26-19)23-8-10-27-9-7-14-5-3-4-6-16(14)27/h3-7,9,13,17-18,28H,8,10-11H2,1-2H3,(H2,23,24,25,26)/t17-,18+/m1/s1. The second-order valence-corrected chi connectivity index (χ2v) is 7.83. The number of aromatic nitrogens is 3. The summed E-state index contributed by atoms with van der Waals surface area (Å²) in [4.78, 5) is 8.74.